The zero-order chi connectivity index (χ0) is 17.9. The Labute approximate surface area is 138 Å². The van der Waals surface area contributed by atoms with Crippen molar-refractivity contribution < 1.29 is 17.7 Å². The van der Waals surface area contributed by atoms with E-state index in [2.05, 4.69) is 14.9 Å². The molecule has 0 saturated carbocycles. The third-order valence-corrected chi connectivity index (χ3v) is 4.89. The number of rotatable bonds is 7. The summed E-state index contributed by atoms with van der Waals surface area (Å²) < 4.78 is 40.5. The highest BCUT2D eigenvalue weighted by atomic mass is 32.2. The van der Waals surface area contributed by atoms with Crippen molar-refractivity contribution in [3.63, 3.8) is 0 Å². The smallest absolute Gasteiger partial charge is 0.272 e. The Morgan fingerprint density at radius 2 is 2.12 bits per heavy atom. The summed E-state index contributed by atoms with van der Waals surface area (Å²) in [6.07, 6.45) is 1.88. The fourth-order valence-electron chi connectivity index (χ4n) is 2.24. The number of nitrogens with zero attached hydrogens (tertiary/aromatic N) is 2. The van der Waals surface area contributed by atoms with Crippen molar-refractivity contribution in [3.8, 4) is 0 Å². The van der Waals surface area contributed by atoms with Crippen LogP contribution in [-0.2, 0) is 10.0 Å². The van der Waals surface area contributed by atoms with Crippen LogP contribution in [0.25, 0.3) is 0 Å². The zero-order valence-corrected chi connectivity index (χ0v) is 13.9. The van der Waals surface area contributed by atoms with Crippen LogP contribution in [0.4, 0.5) is 15.9 Å². The molecule has 1 aromatic heterocycles. The molecular weight excluding hydrogens is 339 g/mol. The molecule has 1 atom stereocenters. The maximum atomic E-state index is 13.9. The van der Waals surface area contributed by atoms with Crippen molar-refractivity contribution in [1.82, 2.24) is 10.2 Å². The molecule has 1 aromatic carbocycles. The predicted molar refractivity (Wildman–Crippen MR) is 85.8 cm³/mol. The van der Waals surface area contributed by atoms with Crippen molar-refractivity contribution in [2.45, 2.75) is 37.5 Å². The molecule has 0 aliphatic heterocycles. The second-order valence-corrected chi connectivity index (χ2v) is 7.03. The monoisotopic (exact) mass is 356 g/mol. The number of nitrogens with one attached hydrogen (secondary N) is 2. The van der Waals surface area contributed by atoms with Crippen molar-refractivity contribution in [1.29, 1.82) is 0 Å². The number of H-pyrrole nitrogens is 1. The summed E-state index contributed by atoms with van der Waals surface area (Å²) in [4.78, 5) is 9.10. The van der Waals surface area contributed by atoms with E-state index in [1.807, 2.05) is 13.8 Å². The second kappa shape index (κ2) is 6.95. The van der Waals surface area contributed by atoms with E-state index in [0.717, 1.165) is 30.7 Å². The van der Waals surface area contributed by atoms with Crippen LogP contribution in [0.5, 0.6) is 0 Å². The van der Waals surface area contributed by atoms with Gasteiger partial charge in [0.2, 0.25) is 0 Å². The summed E-state index contributed by atoms with van der Waals surface area (Å²) in [5.41, 5.74) is 0.237. The maximum absolute atomic E-state index is 13.9. The molecule has 0 bridgehead atoms. The van der Waals surface area contributed by atoms with E-state index >= 15 is 0 Å². The van der Waals surface area contributed by atoms with Gasteiger partial charge in [-0.15, -0.1) is 0 Å². The standard InChI is InChI=1S/C14H17FN4O4S/c1-3-4-9(2)12-8-14(17-16-12)18-24(22,23)13-6-5-10(19(20)21)7-11(13)15/h5-9H,3-4H2,1-2H3,(H2,16,17,18). The Morgan fingerprint density at radius 1 is 1.42 bits per heavy atom. The average molecular weight is 356 g/mol. The van der Waals surface area contributed by atoms with Crippen molar-refractivity contribution in [2.75, 3.05) is 4.72 Å². The van der Waals surface area contributed by atoms with E-state index in [9.17, 15) is 22.9 Å². The summed E-state index contributed by atoms with van der Waals surface area (Å²) >= 11 is 0. The largest absolute Gasteiger partial charge is 0.280 e. The number of hydrogen-bond acceptors (Lipinski definition) is 5. The average Bonchev–Trinajstić information content (AvgIpc) is 2.94. The molecule has 24 heavy (non-hydrogen) atoms. The van der Waals surface area contributed by atoms with E-state index in [0.29, 0.717) is 6.07 Å². The molecule has 0 aliphatic rings. The van der Waals surface area contributed by atoms with Gasteiger partial charge in [-0.25, -0.2) is 12.8 Å². The minimum absolute atomic E-state index is 0.0331. The lowest BCUT2D eigenvalue weighted by molar-refractivity contribution is -0.385. The fraction of sp³-hybridized carbons (Fsp3) is 0.357. The number of sulfonamides is 1. The number of aromatic amines is 1. The van der Waals surface area contributed by atoms with Crippen LogP contribution < -0.4 is 4.72 Å². The Morgan fingerprint density at radius 3 is 2.71 bits per heavy atom. The minimum atomic E-state index is -4.24. The third kappa shape index (κ3) is 3.88. The second-order valence-electron chi connectivity index (χ2n) is 5.38. The number of halogens is 1. The first-order valence-corrected chi connectivity index (χ1v) is 8.75. The third-order valence-electron chi connectivity index (χ3n) is 3.51. The van der Waals surface area contributed by atoms with Crippen LogP contribution in [0.1, 0.15) is 38.3 Å². The van der Waals surface area contributed by atoms with Crippen LogP contribution in [0.15, 0.2) is 29.2 Å². The number of nitro benzene ring substituents is 1. The molecule has 0 fully saturated rings. The Kier molecular flexibility index (Phi) is 5.17. The van der Waals surface area contributed by atoms with E-state index in [1.165, 1.54) is 0 Å². The molecule has 0 saturated heterocycles. The predicted octanol–water partition coefficient (Wildman–Crippen LogP) is 3.16. The van der Waals surface area contributed by atoms with Crippen molar-refractivity contribution >= 4 is 21.5 Å². The van der Waals surface area contributed by atoms with Gasteiger partial charge < -0.3 is 0 Å². The first-order valence-electron chi connectivity index (χ1n) is 7.26. The molecule has 2 N–H and O–H groups in total. The Hall–Kier alpha value is -2.49. The minimum Gasteiger partial charge on any atom is -0.280 e. The highest BCUT2D eigenvalue weighted by molar-refractivity contribution is 7.92. The number of hydrogen-bond donors (Lipinski definition) is 2. The lowest BCUT2D eigenvalue weighted by Gasteiger charge is -2.07. The van der Waals surface area contributed by atoms with Crippen molar-refractivity contribution in [3.05, 3.63) is 45.9 Å². The van der Waals surface area contributed by atoms with E-state index in [1.54, 1.807) is 6.07 Å². The molecule has 1 unspecified atom stereocenters. The number of nitro groups is 1. The molecule has 130 valence electrons. The van der Waals surface area contributed by atoms with Gasteiger partial charge in [-0.05, 0) is 18.4 Å². The van der Waals surface area contributed by atoms with Gasteiger partial charge in [-0.2, -0.15) is 5.10 Å². The quantitative estimate of drug-likeness (QED) is 0.583. The van der Waals surface area contributed by atoms with Gasteiger partial charge in [0.15, 0.2) is 11.6 Å². The molecule has 0 spiro atoms. The van der Waals surface area contributed by atoms with Crippen LogP contribution >= 0.6 is 0 Å². The normalized spacial score (nSPS) is 12.8. The van der Waals surface area contributed by atoms with Gasteiger partial charge in [0.05, 0.1) is 11.0 Å². The molecule has 0 amide bonds. The number of non-ortho nitro benzene ring substituents is 1. The lowest BCUT2D eigenvalue weighted by Crippen LogP contribution is -2.15. The van der Waals surface area contributed by atoms with Gasteiger partial charge in [-0.3, -0.25) is 19.9 Å². The van der Waals surface area contributed by atoms with Crippen LogP contribution in [0, 0.1) is 15.9 Å². The zero-order valence-electron chi connectivity index (χ0n) is 13.1. The lowest BCUT2D eigenvalue weighted by atomic mass is 10.0. The topological polar surface area (TPSA) is 118 Å². The summed E-state index contributed by atoms with van der Waals surface area (Å²) in [7, 11) is -4.24. The van der Waals surface area contributed by atoms with Crippen LogP contribution in [0.2, 0.25) is 0 Å². The molecular formula is C14H17FN4O4S. The number of aromatic nitrogens is 2. The Balaban J connectivity index is 2.24. The van der Waals surface area contributed by atoms with Gasteiger partial charge in [0.25, 0.3) is 15.7 Å². The molecule has 0 radical (unpaired) electrons. The van der Waals surface area contributed by atoms with Gasteiger partial charge in [0, 0.05) is 17.8 Å². The van der Waals surface area contributed by atoms with Gasteiger partial charge in [-0.1, -0.05) is 20.3 Å². The van der Waals surface area contributed by atoms with Gasteiger partial charge in [0.1, 0.15) is 4.90 Å². The highest BCUT2D eigenvalue weighted by Gasteiger charge is 2.23. The van der Waals surface area contributed by atoms with E-state index < -0.39 is 31.3 Å². The van der Waals surface area contributed by atoms with Crippen molar-refractivity contribution in [2.24, 2.45) is 0 Å². The Bertz CT molecular complexity index is 850. The van der Waals surface area contributed by atoms with E-state index in [-0.39, 0.29) is 11.7 Å². The molecule has 10 heteroatoms. The summed E-state index contributed by atoms with van der Waals surface area (Å²) in [6, 6.07) is 3.88. The molecule has 8 nitrogen and oxygen atoms in total. The molecule has 1 heterocycles. The summed E-state index contributed by atoms with van der Waals surface area (Å²) in [5.74, 6) is -0.991. The van der Waals surface area contributed by atoms with Crippen LogP contribution in [0.3, 0.4) is 0 Å². The first kappa shape index (κ1) is 17.9. The molecule has 2 aromatic rings. The SMILES string of the molecule is CCCC(C)c1cc(NS(=O)(=O)c2ccc([N+](=O)[O-])cc2F)n[nH]1. The van der Waals surface area contributed by atoms with Gasteiger partial charge >= 0.3 is 0 Å². The molecule has 2 rings (SSSR count). The summed E-state index contributed by atoms with van der Waals surface area (Å²) in [6.45, 7) is 4.01. The highest BCUT2D eigenvalue weighted by Crippen LogP contribution is 2.24. The number of anilines is 1. The fourth-order valence-corrected chi connectivity index (χ4v) is 3.30. The maximum Gasteiger partial charge on any atom is 0.272 e. The summed E-state index contributed by atoms with van der Waals surface area (Å²) in [5, 5.41) is 17.2. The number of benzene rings is 1. The molecule has 0 aliphatic carbocycles. The van der Waals surface area contributed by atoms with Crippen LogP contribution in [-0.4, -0.2) is 23.5 Å². The van der Waals surface area contributed by atoms with E-state index in [4.69, 9.17) is 0 Å². The first-order chi connectivity index (χ1) is 11.2.